The van der Waals surface area contributed by atoms with Crippen LogP contribution in [0.3, 0.4) is 0 Å². The van der Waals surface area contributed by atoms with Gasteiger partial charge < -0.3 is 10.2 Å². The summed E-state index contributed by atoms with van der Waals surface area (Å²) in [6, 6.07) is 17.5. The molecule has 0 aliphatic carbocycles. The summed E-state index contributed by atoms with van der Waals surface area (Å²) in [5.74, 6) is -0.991. The molecule has 0 aliphatic rings. The molecule has 3 aromatic carbocycles. The number of rotatable bonds is 13. The molecular formula is C29H31Cl4N3O4S. The lowest BCUT2D eigenvalue weighted by Gasteiger charge is -2.34. The third kappa shape index (κ3) is 9.51. The van der Waals surface area contributed by atoms with Gasteiger partial charge in [0, 0.05) is 34.6 Å². The largest absolute Gasteiger partial charge is 0.354 e. The number of benzene rings is 3. The van der Waals surface area contributed by atoms with Crippen LogP contribution in [0.15, 0.2) is 66.7 Å². The number of anilines is 1. The molecule has 0 aliphatic heterocycles. The van der Waals surface area contributed by atoms with Crippen LogP contribution in [0.25, 0.3) is 0 Å². The highest BCUT2D eigenvalue weighted by Crippen LogP contribution is 2.31. The molecule has 41 heavy (non-hydrogen) atoms. The number of nitrogens with zero attached hydrogens (tertiary/aromatic N) is 2. The van der Waals surface area contributed by atoms with Crippen LogP contribution in [0.1, 0.15) is 30.9 Å². The first-order valence-electron chi connectivity index (χ1n) is 12.9. The van der Waals surface area contributed by atoms with E-state index in [4.69, 9.17) is 46.4 Å². The van der Waals surface area contributed by atoms with E-state index in [1.807, 2.05) is 37.3 Å². The maximum Gasteiger partial charge on any atom is 0.244 e. The van der Waals surface area contributed by atoms with E-state index in [-0.39, 0.29) is 29.6 Å². The lowest BCUT2D eigenvalue weighted by atomic mass is 10.0. The summed E-state index contributed by atoms with van der Waals surface area (Å²) in [5, 5.41) is 4.01. The van der Waals surface area contributed by atoms with Crippen molar-refractivity contribution in [3.05, 3.63) is 97.9 Å². The molecule has 7 nitrogen and oxygen atoms in total. The summed E-state index contributed by atoms with van der Waals surface area (Å²) in [4.78, 5) is 29.1. The van der Waals surface area contributed by atoms with Crippen molar-refractivity contribution >= 4 is 73.9 Å². The molecule has 220 valence electrons. The predicted molar refractivity (Wildman–Crippen MR) is 168 cm³/mol. The summed E-state index contributed by atoms with van der Waals surface area (Å²) in [6.45, 7) is 1.76. The Balaban J connectivity index is 2.08. The predicted octanol–water partition coefficient (Wildman–Crippen LogP) is 6.62. The van der Waals surface area contributed by atoms with Crippen molar-refractivity contribution in [1.82, 2.24) is 10.2 Å². The minimum atomic E-state index is -3.98. The molecule has 0 unspecified atom stereocenters. The number of carbonyl (C=O) groups is 2. The summed E-state index contributed by atoms with van der Waals surface area (Å²) in [7, 11) is -3.98. The molecule has 0 saturated carbocycles. The second-order valence-corrected chi connectivity index (χ2v) is 13.1. The van der Waals surface area contributed by atoms with Crippen LogP contribution in [0.2, 0.25) is 20.1 Å². The smallest absolute Gasteiger partial charge is 0.244 e. The van der Waals surface area contributed by atoms with Crippen molar-refractivity contribution in [2.75, 3.05) is 23.7 Å². The van der Waals surface area contributed by atoms with Gasteiger partial charge in [0.05, 0.1) is 17.0 Å². The number of amides is 2. The average molecular weight is 659 g/mol. The van der Waals surface area contributed by atoms with Gasteiger partial charge in [0.2, 0.25) is 21.8 Å². The molecule has 0 heterocycles. The molecule has 1 atom stereocenters. The van der Waals surface area contributed by atoms with E-state index in [0.29, 0.717) is 27.2 Å². The Morgan fingerprint density at radius 3 is 2.12 bits per heavy atom. The van der Waals surface area contributed by atoms with Crippen LogP contribution >= 0.6 is 46.4 Å². The van der Waals surface area contributed by atoms with Gasteiger partial charge in [-0.2, -0.15) is 0 Å². The first-order valence-corrected chi connectivity index (χ1v) is 16.2. The highest BCUT2D eigenvalue weighted by atomic mass is 35.5. The fraction of sp³-hybridized carbons (Fsp3) is 0.310. The number of halogens is 4. The van der Waals surface area contributed by atoms with E-state index in [9.17, 15) is 18.0 Å². The van der Waals surface area contributed by atoms with Crippen LogP contribution in [0.5, 0.6) is 0 Å². The number of hydrogen-bond donors (Lipinski definition) is 1. The molecule has 12 heteroatoms. The first-order chi connectivity index (χ1) is 19.4. The first kappa shape index (κ1) is 33.0. The third-order valence-corrected chi connectivity index (χ3v) is 8.57. The van der Waals surface area contributed by atoms with Crippen LogP contribution < -0.4 is 9.62 Å². The number of hydrogen-bond acceptors (Lipinski definition) is 4. The third-order valence-electron chi connectivity index (χ3n) is 6.31. The topological polar surface area (TPSA) is 86.8 Å². The maximum absolute atomic E-state index is 14.1. The Bertz CT molecular complexity index is 1470. The normalized spacial score (nSPS) is 12.0. The van der Waals surface area contributed by atoms with Crippen molar-refractivity contribution in [1.29, 1.82) is 0 Å². The van der Waals surface area contributed by atoms with Crippen molar-refractivity contribution in [2.45, 2.75) is 38.8 Å². The highest BCUT2D eigenvalue weighted by Gasteiger charge is 2.33. The Hall–Kier alpha value is -2.49. The molecule has 0 radical (unpaired) electrons. The van der Waals surface area contributed by atoms with E-state index in [0.717, 1.165) is 29.0 Å². The standard InChI is InChI=1S/C29H31Cl4N3O4S/c1-3-4-14-34-29(38)27(15-20-8-6-5-7-9-20)35(18-21-10-11-22(30)16-24(21)32)28(37)19-36(41(2,39)40)26-13-12-23(31)17-25(26)33/h5-13,16-17,27H,3-4,14-15,18-19H2,1-2H3,(H,34,38)/t27-/m0/s1. The van der Waals surface area contributed by atoms with Gasteiger partial charge in [-0.3, -0.25) is 13.9 Å². The fourth-order valence-electron chi connectivity index (χ4n) is 4.17. The molecular weight excluding hydrogens is 628 g/mol. The van der Waals surface area contributed by atoms with Gasteiger partial charge in [0.1, 0.15) is 12.6 Å². The second-order valence-electron chi connectivity index (χ2n) is 9.47. The van der Waals surface area contributed by atoms with E-state index in [2.05, 4.69) is 5.32 Å². The summed E-state index contributed by atoms with van der Waals surface area (Å²) in [6.07, 6.45) is 2.80. The Kier molecular flexibility index (Phi) is 12.2. The molecule has 0 aromatic heterocycles. The van der Waals surface area contributed by atoms with Crippen molar-refractivity contribution < 1.29 is 18.0 Å². The zero-order valence-electron chi connectivity index (χ0n) is 22.6. The molecule has 2 amide bonds. The summed E-state index contributed by atoms with van der Waals surface area (Å²) in [5.41, 5.74) is 1.45. The minimum absolute atomic E-state index is 0.0566. The number of carbonyl (C=O) groups excluding carboxylic acids is 2. The fourth-order valence-corrected chi connectivity index (χ4v) is 6.06. The van der Waals surface area contributed by atoms with Crippen molar-refractivity contribution in [2.24, 2.45) is 0 Å². The van der Waals surface area contributed by atoms with Gasteiger partial charge in [0.15, 0.2) is 0 Å². The van der Waals surface area contributed by atoms with Crippen LogP contribution in [-0.2, 0) is 32.6 Å². The summed E-state index contributed by atoms with van der Waals surface area (Å²) >= 11 is 24.9. The van der Waals surface area contributed by atoms with Crippen LogP contribution in [0, 0.1) is 0 Å². The van der Waals surface area contributed by atoms with Crippen LogP contribution in [-0.4, -0.2) is 50.5 Å². The molecule has 3 aromatic rings. The van der Waals surface area contributed by atoms with Gasteiger partial charge in [-0.05, 0) is 47.9 Å². The molecule has 3 rings (SSSR count). The lowest BCUT2D eigenvalue weighted by molar-refractivity contribution is -0.140. The summed E-state index contributed by atoms with van der Waals surface area (Å²) < 4.78 is 26.7. The van der Waals surface area contributed by atoms with Gasteiger partial charge in [-0.15, -0.1) is 0 Å². The molecule has 0 fully saturated rings. The quantitative estimate of drug-likeness (QED) is 0.209. The van der Waals surface area contributed by atoms with Gasteiger partial charge in [-0.25, -0.2) is 8.42 Å². The molecule has 0 saturated heterocycles. The zero-order chi connectivity index (χ0) is 30.2. The Labute approximate surface area is 261 Å². The second kappa shape index (κ2) is 15.1. The van der Waals surface area contributed by atoms with Crippen molar-refractivity contribution in [3.63, 3.8) is 0 Å². The highest BCUT2D eigenvalue weighted by molar-refractivity contribution is 7.92. The monoisotopic (exact) mass is 657 g/mol. The zero-order valence-corrected chi connectivity index (χ0v) is 26.5. The Morgan fingerprint density at radius 1 is 0.902 bits per heavy atom. The average Bonchev–Trinajstić information content (AvgIpc) is 2.90. The van der Waals surface area contributed by atoms with E-state index in [1.54, 1.807) is 18.2 Å². The van der Waals surface area contributed by atoms with Crippen LogP contribution in [0.4, 0.5) is 5.69 Å². The van der Waals surface area contributed by atoms with Crippen molar-refractivity contribution in [3.8, 4) is 0 Å². The van der Waals surface area contributed by atoms with E-state index < -0.39 is 28.5 Å². The lowest BCUT2D eigenvalue weighted by Crippen LogP contribution is -2.53. The Morgan fingerprint density at radius 2 is 1.54 bits per heavy atom. The van der Waals surface area contributed by atoms with E-state index >= 15 is 0 Å². The molecule has 0 bridgehead atoms. The van der Waals surface area contributed by atoms with E-state index in [1.165, 1.54) is 23.1 Å². The maximum atomic E-state index is 14.1. The van der Waals surface area contributed by atoms with Gasteiger partial charge in [-0.1, -0.05) is 96.1 Å². The SMILES string of the molecule is CCCCNC(=O)[C@H](Cc1ccccc1)N(Cc1ccc(Cl)cc1Cl)C(=O)CN(c1ccc(Cl)cc1Cl)S(C)(=O)=O. The number of nitrogens with one attached hydrogen (secondary N) is 1. The van der Waals surface area contributed by atoms with Gasteiger partial charge >= 0.3 is 0 Å². The van der Waals surface area contributed by atoms with Gasteiger partial charge in [0.25, 0.3) is 0 Å². The number of unbranched alkanes of at least 4 members (excludes halogenated alkanes) is 1. The molecule has 1 N–H and O–H groups in total. The number of sulfonamides is 1. The minimum Gasteiger partial charge on any atom is -0.354 e. The molecule has 0 spiro atoms.